The van der Waals surface area contributed by atoms with Crippen LogP contribution in [0.25, 0.3) is 0 Å². The highest BCUT2D eigenvalue weighted by Crippen LogP contribution is 2.34. The van der Waals surface area contributed by atoms with Crippen molar-refractivity contribution < 1.29 is 4.74 Å². The van der Waals surface area contributed by atoms with Crippen molar-refractivity contribution in [3.8, 4) is 0 Å². The normalized spacial score (nSPS) is 14.9. The monoisotopic (exact) mass is 584 g/mol. The van der Waals surface area contributed by atoms with Crippen LogP contribution in [-0.2, 0) is 11.3 Å². The van der Waals surface area contributed by atoms with Gasteiger partial charge in [-0.05, 0) is 36.2 Å². The van der Waals surface area contributed by atoms with E-state index in [1.807, 2.05) is 42.5 Å². The lowest BCUT2D eigenvalue weighted by atomic mass is 10.1. The predicted octanol–water partition coefficient (Wildman–Crippen LogP) is 10.4. The summed E-state index contributed by atoms with van der Waals surface area (Å²) in [5, 5.41) is 1.83. The van der Waals surface area contributed by atoms with Crippen LogP contribution < -0.4 is 0 Å². The van der Waals surface area contributed by atoms with Gasteiger partial charge in [0.15, 0.2) is 0 Å². The summed E-state index contributed by atoms with van der Waals surface area (Å²) in [6, 6.07) is 13.1. The molecule has 0 amide bonds. The van der Waals surface area contributed by atoms with Crippen molar-refractivity contribution >= 4 is 46.4 Å². The van der Waals surface area contributed by atoms with E-state index >= 15 is 0 Å². The molecule has 2 aromatic carbocycles. The van der Waals surface area contributed by atoms with E-state index in [0.717, 1.165) is 24.3 Å². The van der Waals surface area contributed by atoms with E-state index in [4.69, 9.17) is 51.1 Å². The SMILES string of the molecule is CCCCCCCCCCCCN1C=CN(C(Cl)C(OCc2c(Cl)cccc2Cl)c2ccc(Cl)cc2)C1. The molecule has 2 aromatic rings. The van der Waals surface area contributed by atoms with E-state index in [-0.39, 0.29) is 6.61 Å². The van der Waals surface area contributed by atoms with Gasteiger partial charge >= 0.3 is 0 Å². The lowest BCUT2D eigenvalue weighted by Crippen LogP contribution is -2.35. The molecule has 3 nitrogen and oxygen atoms in total. The number of ether oxygens (including phenoxy) is 1. The van der Waals surface area contributed by atoms with Crippen LogP contribution in [0.1, 0.15) is 88.4 Å². The third-order valence-corrected chi connectivity index (χ3v) is 8.29. The van der Waals surface area contributed by atoms with Crippen LogP contribution in [0.15, 0.2) is 54.9 Å². The molecule has 0 N–H and O–H groups in total. The molecule has 1 heterocycles. The molecule has 37 heavy (non-hydrogen) atoms. The molecule has 0 aromatic heterocycles. The number of benzene rings is 2. The summed E-state index contributed by atoms with van der Waals surface area (Å²) in [5.41, 5.74) is 1.30. The standard InChI is InChI=1S/C30H40Cl4N2O/c1-2-3-4-5-6-7-8-9-10-11-19-35-20-21-36(23-35)30(34)29(24-15-17-25(31)18-16-24)37-22-26-27(32)13-12-14-28(26)33/h12-18,20-21,29-30H,2-11,19,22-23H2,1H3. The number of alkyl halides is 1. The molecule has 1 aliphatic rings. The smallest absolute Gasteiger partial charge is 0.135 e. The zero-order valence-electron chi connectivity index (χ0n) is 21.9. The summed E-state index contributed by atoms with van der Waals surface area (Å²) >= 11 is 25.9. The highest BCUT2D eigenvalue weighted by atomic mass is 35.5. The molecule has 1 aliphatic heterocycles. The second-order valence-corrected chi connectivity index (χ2v) is 11.5. The molecule has 0 fully saturated rings. The topological polar surface area (TPSA) is 15.7 Å². The zero-order valence-corrected chi connectivity index (χ0v) is 24.9. The van der Waals surface area contributed by atoms with Gasteiger partial charge in [-0.15, -0.1) is 0 Å². The van der Waals surface area contributed by atoms with Crippen molar-refractivity contribution in [2.24, 2.45) is 0 Å². The molecule has 0 radical (unpaired) electrons. The number of nitrogens with zero attached hydrogens (tertiary/aromatic N) is 2. The molecule has 0 saturated heterocycles. The largest absolute Gasteiger partial charge is 0.365 e. The second kappa shape index (κ2) is 16.8. The van der Waals surface area contributed by atoms with Crippen molar-refractivity contribution in [2.75, 3.05) is 13.2 Å². The van der Waals surface area contributed by atoms with E-state index in [1.165, 1.54) is 64.2 Å². The van der Waals surface area contributed by atoms with Crippen LogP contribution in [-0.4, -0.2) is 28.5 Å². The Kier molecular flexibility index (Phi) is 13.8. The van der Waals surface area contributed by atoms with Gasteiger partial charge in [0.2, 0.25) is 0 Å². The third kappa shape index (κ3) is 10.2. The first kappa shape index (κ1) is 30.4. The summed E-state index contributed by atoms with van der Waals surface area (Å²) < 4.78 is 6.35. The number of hydrogen-bond acceptors (Lipinski definition) is 3. The average molecular weight is 586 g/mol. The van der Waals surface area contributed by atoms with Gasteiger partial charge in [0, 0.05) is 39.6 Å². The van der Waals surface area contributed by atoms with Gasteiger partial charge in [-0.3, -0.25) is 0 Å². The molecular formula is C30H40Cl4N2O. The number of rotatable bonds is 17. The summed E-state index contributed by atoms with van der Waals surface area (Å²) in [4.78, 5) is 4.44. The Morgan fingerprint density at radius 1 is 0.784 bits per heavy atom. The fourth-order valence-electron chi connectivity index (χ4n) is 4.60. The van der Waals surface area contributed by atoms with E-state index in [2.05, 4.69) is 29.1 Å². The first-order valence-corrected chi connectivity index (χ1v) is 15.2. The fraction of sp³-hybridized carbons (Fsp3) is 0.533. The van der Waals surface area contributed by atoms with Gasteiger partial charge in [-0.2, -0.15) is 0 Å². The number of unbranched alkanes of at least 4 members (excludes halogenated alkanes) is 9. The quantitative estimate of drug-likeness (QED) is 0.104. The summed E-state index contributed by atoms with van der Waals surface area (Å²) in [7, 11) is 0. The molecule has 7 heteroatoms. The molecular weight excluding hydrogens is 546 g/mol. The van der Waals surface area contributed by atoms with Gasteiger partial charge in [-0.25, -0.2) is 0 Å². The minimum absolute atomic E-state index is 0.259. The van der Waals surface area contributed by atoms with Crippen molar-refractivity contribution in [1.29, 1.82) is 0 Å². The predicted molar refractivity (Wildman–Crippen MR) is 159 cm³/mol. The van der Waals surface area contributed by atoms with Gasteiger partial charge in [-0.1, -0.05) is 129 Å². The summed E-state index contributed by atoms with van der Waals surface area (Å²) in [6.45, 7) is 4.31. The highest BCUT2D eigenvalue weighted by molar-refractivity contribution is 6.36. The molecule has 0 spiro atoms. The molecule has 0 aliphatic carbocycles. The Hall–Kier alpha value is -1.10. The lowest BCUT2D eigenvalue weighted by Gasteiger charge is -2.32. The maximum Gasteiger partial charge on any atom is 0.135 e. The molecule has 3 rings (SSSR count). The Morgan fingerprint density at radius 2 is 1.38 bits per heavy atom. The lowest BCUT2D eigenvalue weighted by molar-refractivity contribution is 0.00683. The summed E-state index contributed by atoms with van der Waals surface area (Å²) in [5.74, 6) is 0. The average Bonchev–Trinajstić information content (AvgIpc) is 3.36. The minimum Gasteiger partial charge on any atom is -0.365 e. The first-order chi connectivity index (χ1) is 18.0. The molecule has 204 valence electrons. The van der Waals surface area contributed by atoms with Gasteiger partial charge in [0.1, 0.15) is 11.6 Å². The van der Waals surface area contributed by atoms with Crippen LogP contribution in [0, 0.1) is 0 Å². The van der Waals surface area contributed by atoms with Crippen LogP contribution in [0.4, 0.5) is 0 Å². The van der Waals surface area contributed by atoms with Gasteiger partial charge in [0.05, 0.1) is 13.3 Å². The van der Waals surface area contributed by atoms with E-state index < -0.39 is 11.6 Å². The van der Waals surface area contributed by atoms with E-state index in [9.17, 15) is 0 Å². The summed E-state index contributed by atoms with van der Waals surface area (Å²) in [6.07, 6.45) is 17.2. The maximum absolute atomic E-state index is 7.03. The molecule has 2 unspecified atom stereocenters. The zero-order chi connectivity index (χ0) is 26.5. The van der Waals surface area contributed by atoms with E-state index in [1.54, 1.807) is 0 Å². The third-order valence-electron chi connectivity index (χ3n) is 6.85. The number of halogens is 4. The van der Waals surface area contributed by atoms with Crippen molar-refractivity contribution in [1.82, 2.24) is 9.80 Å². The Balaban J connectivity index is 1.47. The van der Waals surface area contributed by atoms with Crippen LogP contribution in [0.5, 0.6) is 0 Å². The van der Waals surface area contributed by atoms with Gasteiger partial charge in [0.25, 0.3) is 0 Å². The molecule has 2 atom stereocenters. The minimum atomic E-state index is -0.406. The Morgan fingerprint density at radius 3 is 2.00 bits per heavy atom. The first-order valence-electron chi connectivity index (χ1n) is 13.6. The van der Waals surface area contributed by atoms with Crippen LogP contribution in [0.3, 0.4) is 0 Å². The Labute approximate surface area is 243 Å². The van der Waals surface area contributed by atoms with Crippen LogP contribution >= 0.6 is 46.4 Å². The second-order valence-electron chi connectivity index (χ2n) is 9.80. The molecule has 0 bridgehead atoms. The van der Waals surface area contributed by atoms with Crippen molar-refractivity contribution in [3.63, 3.8) is 0 Å². The van der Waals surface area contributed by atoms with Crippen LogP contribution in [0.2, 0.25) is 15.1 Å². The van der Waals surface area contributed by atoms with Crippen molar-refractivity contribution in [3.05, 3.63) is 81.1 Å². The van der Waals surface area contributed by atoms with Gasteiger partial charge < -0.3 is 14.5 Å². The number of hydrogen-bond donors (Lipinski definition) is 0. The Bertz CT molecular complexity index is 933. The highest BCUT2D eigenvalue weighted by Gasteiger charge is 2.29. The van der Waals surface area contributed by atoms with Crippen molar-refractivity contribution in [2.45, 2.75) is 89.3 Å². The van der Waals surface area contributed by atoms with E-state index in [0.29, 0.717) is 15.1 Å². The maximum atomic E-state index is 7.03. The molecule has 0 saturated carbocycles. The fourth-order valence-corrected chi connectivity index (χ4v) is 5.57.